The number of hydrogen-bond acceptors (Lipinski definition) is 4. The van der Waals surface area contributed by atoms with Gasteiger partial charge in [0.15, 0.2) is 0 Å². The van der Waals surface area contributed by atoms with Crippen molar-refractivity contribution in [3.05, 3.63) is 0 Å². The Morgan fingerprint density at radius 3 is 2.67 bits per heavy atom. The van der Waals surface area contributed by atoms with E-state index in [2.05, 4.69) is 17.1 Å². The van der Waals surface area contributed by atoms with Gasteiger partial charge in [-0.3, -0.25) is 9.69 Å². The van der Waals surface area contributed by atoms with Crippen LogP contribution in [-0.2, 0) is 9.53 Å². The van der Waals surface area contributed by atoms with E-state index >= 15 is 0 Å². The van der Waals surface area contributed by atoms with E-state index in [-0.39, 0.29) is 5.97 Å². The highest BCUT2D eigenvalue weighted by Crippen LogP contribution is 2.33. The van der Waals surface area contributed by atoms with Gasteiger partial charge in [-0.1, -0.05) is 0 Å². The molecule has 0 bridgehead atoms. The molecule has 1 saturated carbocycles. The average Bonchev–Trinajstić information content (AvgIpc) is 3.10. The zero-order chi connectivity index (χ0) is 13.3. The molecule has 18 heavy (non-hydrogen) atoms. The molecule has 2 aliphatic rings. The highest BCUT2D eigenvalue weighted by atomic mass is 16.5. The van der Waals surface area contributed by atoms with Gasteiger partial charge in [-0.15, -0.1) is 0 Å². The summed E-state index contributed by atoms with van der Waals surface area (Å²) in [5, 5.41) is 3.54. The predicted molar refractivity (Wildman–Crippen MR) is 71.4 cm³/mol. The third-order valence-corrected chi connectivity index (χ3v) is 4.21. The first-order valence-corrected chi connectivity index (χ1v) is 7.01. The molecule has 0 amide bonds. The van der Waals surface area contributed by atoms with Crippen molar-refractivity contribution >= 4 is 5.97 Å². The van der Waals surface area contributed by atoms with Crippen LogP contribution in [0.1, 0.15) is 40.0 Å². The molecule has 0 radical (unpaired) electrons. The number of likely N-dealkylation sites (tertiary alicyclic amines) is 1. The number of rotatable bonds is 5. The monoisotopic (exact) mass is 254 g/mol. The second-order valence-electron chi connectivity index (χ2n) is 6.47. The summed E-state index contributed by atoms with van der Waals surface area (Å²) in [6.07, 6.45) is 3.92. The molecule has 0 aromatic carbocycles. The lowest BCUT2D eigenvalue weighted by Gasteiger charge is -2.24. The average molecular weight is 254 g/mol. The van der Waals surface area contributed by atoms with Crippen LogP contribution in [0, 0.1) is 5.41 Å². The van der Waals surface area contributed by atoms with Crippen LogP contribution in [-0.4, -0.2) is 49.2 Å². The predicted octanol–water partition coefficient (Wildman–Crippen LogP) is 1.40. The highest BCUT2D eigenvalue weighted by molar-refractivity contribution is 5.76. The minimum absolute atomic E-state index is 0.139. The molecule has 2 fully saturated rings. The zero-order valence-corrected chi connectivity index (χ0v) is 12.0. The van der Waals surface area contributed by atoms with Crippen molar-refractivity contribution < 1.29 is 9.53 Å². The fourth-order valence-electron chi connectivity index (χ4n) is 2.87. The van der Waals surface area contributed by atoms with E-state index in [0.29, 0.717) is 18.6 Å². The third-order valence-electron chi connectivity index (χ3n) is 4.21. The molecule has 0 spiro atoms. The summed E-state index contributed by atoms with van der Waals surface area (Å²) >= 11 is 0. The van der Waals surface area contributed by atoms with Crippen molar-refractivity contribution in [2.75, 3.05) is 20.2 Å². The molecule has 1 N–H and O–H groups in total. The fraction of sp³-hybridized carbons (Fsp3) is 0.929. The fourth-order valence-corrected chi connectivity index (χ4v) is 2.87. The van der Waals surface area contributed by atoms with Gasteiger partial charge in [0.25, 0.3) is 0 Å². The maximum atomic E-state index is 11.6. The van der Waals surface area contributed by atoms with E-state index < -0.39 is 5.41 Å². The Labute approximate surface area is 110 Å². The summed E-state index contributed by atoms with van der Waals surface area (Å²) in [6.45, 7) is 8.00. The molecular formula is C14H26N2O2. The summed E-state index contributed by atoms with van der Waals surface area (Å²) in [5.74, 6) is -0.139. The van der Waals surface area contributed by atoms with Crippen LogP contribution >= 0.6 is 0 Å². The first-order valence-electron chi connectivity index (χ1n) is 7.01. The Balaban J connectivity index is 1.79. The second kappa shape index (κ2) is 5.17. The molecule has 1 heterocycles. The van der Waals surface area contributed by atoms with Crippen LogP contribution in [0.15, 0.2) is 0 Å². The quantitative estimate of drug-likeness (QED) is 0.753. The Morgan fingerprint density at radius 1 is 1.44 bits per heavy atom. The van der Waals surface area contributed by atoms with E-state index in [1.54, 1.807) is 0 Å². The molecule has 0 aromatic rings. The molecule has 4 nitrogen and oxygen atoms in total. The van der Waals surface area contributed by atoms with Gasteiger partial charge in [-0.25, -0.2) is 0 Å². The SMILES string of the molecule is COC(=O)C(C)(C)CN[C@@H]1C[C@H](C)N(C2CC2)C1. The van der Waals surface area contributed by atoms with E-state index in [1.165, 1.54) is 26.4 Å². The summed E-state index contributed by atoms with van der Waals surface area (Å²) in [7, 11) is 1.45. The van der Waals surface area contributed by atoms with Gasteiger partial charge in [0.2, 0.25) is 0 Å². The first kappa shape index (κ1) is 13.8. The van der Waals surface area contributed by atoms with Crippen molar-refractivity contribution in [2.24, 2.45) is 5.41 Å². The molecule has 0 aromatic heterocycles. The topological polar surface area (TPSA) is 41.6 Å². The molecule has 0 unspecified atom stereocenters. The van der Waals surface area contributed by atoms with Crippen LogP contribution in [0.3, 0.4) is 0 Å². The van der Waals surface area contributed by atoms with Gasteiger partial charge >= 0.3 is 5.97 Å². The highest BCUT2D eigenvalue weighted by Gasteiger charge is 2.39. The summed E-state index contributed by atoms with van der Waals surface area (Å²) in [6, 6.07) is 2.03. The zero-order valence-electron chi connectivity index (χ0n) is 12.0. The Hall–Kier alpha value is -0.610. The van der Waals surface area contributed by atoms with E-state index in [9.17, 15) is 4.79 Å². The number of hydrogen-bond donors (Lipinski definition) is 1. The van der Waals surface area contributed by atoms with Crippen LogP contribution < -0.4 is 5.32 Å². The molecular weight excluding hydrogens is 228 g/mol. The number of nitrogens with one attached hydrogen (secondary N) is 1. The number of carbonyl (C=O) groups excluding carboxylic acids is 1. The van der Waals surface area contributed by atoms with Gasteiger partial charge in [-0.2, -0.15) is 0 Å². The van der Waals surface area contributed by atoms with Crippen molar-refractivity contribution in [3.63, 3.8) is 0 Å². The standard InChI is InChI=1S/C14H26N2O2/c1-10-7-11(8-16(10)12-5-6-12)15-9-14(2,3)13(17)18-4/h10-12,15H,5-9H2,1-4H3/t10-,11+/m0/s1. The number of ether oxygens (including phenoxy) is 1. The normalized spacial score (nSPS) is 29.6. The maximum Gasteiger partial charge on any atom is 0.312 e. The molecule has 1 aliphatic heterocycles. The summed E-state index contributed by atoms with van der Waals surface area (Å²) in [4.78, 5) is 14.2. The number of nitrogens with zero attached hydrogens (tertiary/aromatic N) is 1. The van der Waals surface area contributed by atoms with Crippen LogP contribution in [0.4, 0.5) is 0 Å². The van der Waals surface area contributed by atoms with E-state index in [1.807, 2.05) is 13.8 Å². The minimum Gasteiger partial charge on any atom is -0.469 e. The molecule has 104 valence electrons. The second-order valence-corrected chi connectivity index (χ2v) is 6.47. The van der Waals surface area contributed by atoms with Gasteiger partial charge in [0.1, 0.15) is 0 Å². The molecule has 1 saturated heterocycles. The van der Waals surface area contributed by atoms with Crippen molar-refractivity contribution in [1.82, 2.24) is 10.2 Å². The summed E-state index contributed by atoms with van der Waals surface area (Å²) in [5.41, 5.74) is -0.439. The van der Waals surface area contributed by atoms with Crippen molar-refractivity contribution in [1.29, 1.82) is 0 Å². The van der Waals surface area contributed by atoms with Gasteiger partial charge in [0.05, 0.1) is 12.5 Å². The smallest absolute Gasteiger partial charge is 0.312 e. The first-order chi connectivity index (χ1) is 8.44. The van der Waals surface area contributed by atoms with Crippen LogP contribution in [0.5, 0.6) is 0 Å². The number of esters is 1. The van der Waals surface area contributed by atoms with E-state index in [0.717, 1.165) is 12.6 Å². The third kappa shape index (κ3) is 3.04. The number of carbonyl (C=O) groups is 1. The van der Waals surface area contributed by atoms with Gasteiger partial charge in [-0.05, 0) is 40.0 Å². The van der Waals surface area contributed by atoms with Crippen molar-refractivity contribution in [2.45, 2.75) is 58.2 Å². The van der Waals surface area contributed by atoms with E-state index in [4.69, 9.17) is 4.74 Å². The lowest BCUT2D eigenvalue weighted by atomic mass is 9.93. The lowest BCUT2D eigenvalue weighted by Crippen LogP contribution is -2.42. The molecule has 2 atom stereocenters. The largest absolute Gasteiger partial charge is 0.469 e. The van der Waals surface area contributed by atoms with Gasteiger partial charge in [0, 0.05) is 31.2 Å². The maximum absolute atomic E-state index is 11.6. The van der Waals surface area contributed by atoms with Crippen molar-refractivity contribution in [3.8, 4) is 0 Å². The molecule has 1 aliphatic carbocycles. The van der Waals surface area contributed by atoms with Gasteiger partial charge < -0.3 is 10.1 Å². The van der Waals surface area contributed by atoms with Crippen LogP contribution in [0.2, 0.25) is 0 Å². The number of methoxy groups -OCH3 is 1. The molecule has 4 heteroatoms. The molecule has 2 rings (SSSR count). The van der Waals surface area contributed by atoms with Crippen LogP contribution in [0.25, 0.3) is 0 Å². The Morgan fingerprint density at radius 2 is 2.11 bits per heavy atom. The Bertz CT molecular complexity index is 313. The lowest BCUT2D eigenvalue weighted by molar-refractivity contribution is -0.150. The minimum atomic E-state index is -0.439. The Kier molecular flexibility index (Phi) is 3.97. The summed E-state index contributed by atoms with van der Waals surface area (Å²) < 4.78 is 4.83.